The van der Waals surface area contributed by atoms with Gasteiger partial charge in [-0.15, -0.1) is 0 Å². The van der Waals surface area contributed by atoms with Crippen LogP contribution < -0.4 is 5.32 Å². The Morgan fingerprint density at radius 2 is 2.31 bits per heavy atom. The van der Waals surface area contributed by atoms with Crippen molar-refractivity contribution in [3.05, 3.63) is 29.6 Å². The van der Waals surface area contributed by atoms with Gasteiger partial charge >= 0.3 is 5.97 Å². The molecule has 2 atom stereocenters. The Morgan fingerprint density at radius 3 is 2.81 bits per heavy atom. The van der Waals surface area contributed by atoms with Crippen molar-refractivity contribution in [1.29, 1.82) is 0 Å². The van der Waals surface area contributed by atoms with Gasteiger partial charge in [-0.05, 0) is 36.5 Å². The zero-order valence-corrected chi connectivity index (χ0v) is 9.03. The Labute approximate surface area is 93.3 Å². The molecule has 0 saturated heterocycles. The van der Waals surface area contributed by atoms with Gasteiger partial charge in [-0.2, -0.15) is 0 Å². The van der Waals surface area contributed by atoms with Crippen molar-refractivity contribution in [3.8, 4) is 0 Å². The number of nitrogens with one attached hydrogen (secondary N) is 1. The normalized spacial score (nSPS) is 22.9. The fourth-order valence-corrected chi connectivity index (χ4v) is 1.73. The van der Waals surface area contributed by atoms with Crippen molar-refractivity contribution in [3.63, 3.8) is 0 Å². The van der Waals surface area contributed by atoms with Crippen LogP contribution in [0.2, 0.25) is 0 Å². The van der Waals surface area contributed by atoms with Gasteiger partial charge in [-0.25, -0.2) is 9.18 Å². The molecule has 0 aliphatic heterocycles. The van der Waals surface area contributed by atoms with Crippen molar-refractivity contribution in [1.82, 2.24) is 0 Å². The molecule has 1 aromatic carbocycles. The summed E-state index contributed by atoms with van der Waals surface area (Å²) in [4.78, 5) is 10.6. The van der Waals surface area contributed by atoms with Gasteiger partial charge in [0.1, 0.15) is 5.82 Å². The summed E-state index contributed by atoms with van der Waals surface area (Å²) in [6.07, 6.45) is 1.21. The van der Waals surface area contributed by atoms with Gasteiger partial charge in [0.15, 0.2) is 0 Å². The lowest BCUT2D eigenvalue weighted by atomic mass is 10.2. The summed E-state index contributed by atoms with van der Waals surface area (Å²) >= 11 is 0. The molecule has 0 bridgehead atoms. The third-order valence-corrected chi connectivity index (χ3v) is 3.04. The lowest BCUT2D eigenvalue weighted by Gasteiger charge is -2.06. The van der Waals surface area contributed by atoms with E-state index in [0.717, 1.165) is 12.5 Å². The Balaban J connectivity index is 2.00. The smallest absolute Gasteiger partial charge is 0.338 e. The molecule has 0 radical (unpaired) electrons. The van der Waals surface area contributed by atoms with Crippen LogP contribution in [0.4, 0.5) is 10.1 Å². The van der Waals surface area contributed by atoms with Crippen LogP contribution in [0.5, 0.6) is 0 Å². The summed E-state index contributed by atoms with van der Waals surface area (Å²) in [6.45, 7) is 3.01. The van der Waals surface area contributed by atoms with Gasteiger partial charge < -0.3 is 10.4 Å². The summed E-state index contributed by atoms with van der Waals surface area (Å²) < 4.78 is 13.3. The molecule has 0 heterocycles. The number of carboxylic acids is 1. The van der Waals surface area contributed by atoms with Crippen LogP contribution in [0, 0.1) is 17.7 Å². The predicted molar refractivity (Wildman–Crippen MR) is 59.1 cm³/mol. The summed E-state index contributed by atoms with van der Waals surface area (Å²) in [6, 6.07) is 4.12. The number of anilines is 1. The summed E-state index contributed by atoms with van der Waals surface area (Å²) in [7, 11) is 0. The number of hydrogen-bond acceptors (Lipinski definition) is 2. The number of benzene rings is 1. The van der Waals surface area contributed by atoms with Gasteiger partial charge in [0.25, 0.3) is 0 Å². The van der Waals surface area contributed by atoms with E-state index in [1.165, 1.54) is 18.6 Å². The molecular weight excluding hydrogens is 209 g/mol. The molecule has 2 rings (SSSR count). The predicted octanol–water partition coefficient (Wildman–Crippen LogP) is 2.59. The minimum absolute atomic E-state index is 0.287. The molecule has 16 heavy (non-hydrogen) atoms. The van der Waals surface area contributed by atoms with Crippen LogP contribution >= 0.6 is 0 Å². The van der Waals surface area contributed by atoms with Crippen LogP contribution in [0.3, 0.4) is 0 Å². The van der Waals surface area contributed by atoms with E-state index in [1.54, 1.807) is 6.07 Å². The second kappa shape index (κ2) is 4.12. The van der Waals surface area contributed by atoms with Gasteiger partial charge in [0.2, 0.25) is 0 Å². The molecule has 4 heteroatoms. The average molecular weight is 223 g/mol. The number of rotatable bonds is 4. The maximum Gasteiger partial charge on any atom is 0.338 e. The third kappa shape index (κ3) is 2.32. The maximum absolute atomic E-state index is 13.3. The van der Waals surface area contributed by atoms with E-state index in [2.05, 4.69) is 12.2 Å². The number of hydrogen-bond donors (Lipinski definition) is 2. The lowest BCUT2D eigenvalue weighted by Crippen LogP contribution is -2.06. The summed E-state index contributed by atoms with van der Waals surface area (Å²) in [5, 5.41) is 11.8. The molecule has 0 spiro atoms. The van der Waals surface area contributed by atoms with E-state index >= 15 is 0 Å². The van der Waals surface area contributed by atoms with Crippen molar-refractivity contribution >= 4 is 11.7 Å². The molecule has 1 aliphatic rings. The van der Waals surface area contributed by atoms with Crippen LogP contribution in [0.15, 0.2) is 18.2 Å². The topological polar surface area (TPSA) is 49.3 Å². The minimum Gasteiger partial charge on any atom is -0.478 e. The van der Waals surface area contributed by atoms with Gasteiger partial charge in [-0.1, -0.05) is 6.92 Å². The van der Waals surface area contributed by atoms with E-state index in [9.17, 15) is 9.18 Å². The molecule has 1 aromatic rings. The van der Waals surface area contributed by atoms with Crippen molar-refractivity contribution < 1.29 is 14.3 Å². The fraction of sp³-hybridized carbons (Fsp3) is 0.417. The van der Waals surface area contributed by atoms with Crippen LogP contribution in [-0.4, -0.2) is 17.6 Å². The first-order valence-electron chi connectivity index (χ1n) is 5.34. The number of halogens is 1. The molecule has 2 N–H and O–H groups in total. The fourth-order valence-electron chi connectivity index (χ4n) is 1.73. The van der Waals surface area contributed by atoms with Crippen molar-refractivity contribution in [2.75, 3.05) is 11.9 Å². The number of aromatic carboxylic acids is 1. The molecule has 0 aromatic heterocycles. The molecule has 86 valence electrons. The first-order valence-corrected chi connectivity index (χ1v) is 5.34. The monoisotopic (exact) mass is 223 g/mol. The molecular formula is C12H14FNO2. The molecule has 1 aliphatic carbocycles. The van der Waals surface area contributed by atoms with Crippen molar-refractivity contribution in [2.45, 2.75) is 13.3 Å². The van der Waals surface area contributed by atoms with Crippen LogP contribution in [0.25, 0.3) is 0 Å². The quantitative estimate of drug-likeness (QED) is 0.824. The second-order valence-electron chi connectivity index (χ2n) is 4.35. The van der Waals surface area contributed by atoms with Gasteiger partial charge in [0, 0.05) is 12.2 Å². The maximum atomic E-state index is 13.3. The molecule has 2 unspecified atom stereocenters. The molecule has 3 nitrogen and oxygen atoms in total. The average Bonchev–Trinajstić information content (AvgIpc) is 2.91. The molecule has 0 amide bonds. The molecule has 1 fully saturated rings. The Kier molecular flexibility index (Phi) is 2.81. The van der Waals surface area contributed by atoms with Crippen molar-refractivity contribution in [2.24, 2.45) is 11.8 Å². The number of carboxylic acid groups (broad SMARTS) is 1. The summed E-state index contributed by atoms with van der Waals surface area (Å²) in [5.41, 5.74) is 0.354. The summed E-state index contributed by atoms with van der Waals surface area (Å²) in [5.74, 6) is -0.515. The standard InChI is InChI=1S/C12H14FNO2/c1-7-4-8(7)6-14-9-2-3-10(12(15)16)11(13)5-9/h2-3,5,7-8,14H,4,6H2,1H3,(H,15,16). The van der Waals surface area contributed by atoms with E-state index < -0.39 is 11.8 Å². The highest BCUT2D eigenvalue weighted by atomic mass is 19.1. The van der Waals surface area contributed by atoms with Crippen LogP contribution in [0.1, 0.15) is 23.7 Å². The lowest BCUT2D eigenvalue weighted by molar-refractivity contribution is 0.0692. The van der Waals surface area contributed by atoms with Gasteiger partial charge in [-0.3, -0.25) is 0 Å². The highest BCUT2D eigenvalue weighted by Crippen LogP contribution is 2.37. The van der Waals surface area contributed by atoms with E-state index in [1.807, 2.05) is 0 Å². The van der Waals surface area contributed by atoms with E-state index in [0.29, 0.717) is 11.6 Å². The first kappa shape index (κ1) is 10.9. The Morgan fingerprint density at radius 1 is 1.62 bits per heavy atom. The SMILES string of the molecule is CC1CC1CNc1ccc(C(=O)O)c(F)c1. The highest BCUT2D eigenvalue weighted by Gasteiger charge is 2.31. The number of carbonyl (C=O) groups is 1. The molecule has 1 saturated carbocycles. The van der Waals surface area contributed by atoms with Gasteiger partial charge in [0.05, 0.1) is 5.56 Å². The highest BCUT2D eigenvalue weighted by molar-refractivity contribution is 5.88. The Hall–Kier alpha value is -1.58. The van der Waals surface area contributed by atoms with Crippen LogP contribution in [-0.2, 0) is 0 Å². The zero-order valence-electron chi connectivity index (χ0n) is 9.03. The largest absolute Gasteiger partial charge is 0.478 e. The second-order valence-corrected chi connectivity index (χ2v) is 4.35. The Bertz CT molecular complexity index is 419. The first-order chi connectivity index (χ1) is 7.58. The zero-order chi connectivity index (χ0) is 11.7. The third-order valence-electron chi connectivity index (χ3n) is 3.04. The minimum atomic E-state index is -1.24. The van der Waals surface area contributed by atoms with E-state index in [-0.39, 0.29) is 5.56 Å². The van der Waals surface area contributed by atoms with E-state index in [4.69, 9.17) is 5.11 Å².